The van der Waals surface area contributed by atoms with Crippen molar-refractivity contribution in [2.24, 2.45) is 0 Å². The predicted octanol–water partition coefficient (Wildman–Crippen LogP) is 3.23. The van der Waals surface area contributed by atoms with Gasteiger partial charge in [-0.3, -0.25) is 9.52 Å². The molecule has 2 aliphatic rings. The molecule has 0 bridgehead atoms. The number of sulfonamides is 1. The number of ketones is 1. The van der Waals surface area contributed by atoms with Gasteiger partial charge in [0.05, 0.1) is 35.1 Å². The van der Waals surface area contributed by atoms with Gasteiger partial charge in [-0.1, -0.05) is 19.3 Å². The average molecular weight is 452 g/mol. The summed E-state index contributed by atoms with van der Waals surface area (Å²) in [6, 6.07) is 1.88. The fourth-order valence-corrected chi connectivity index (χ4v) is 5.75. The van der Waals surface area contributed by atoms with Gasteiger partial charge >= 0.3 is 0 Å². The number of anilines is 2. The van der Waals surface area contributed by atoms with Crippen LogP contribution in [0.15, 0.2) is 18.5 Å². The molecule has 1 saturated carbocycles. The highest BCUT2D eigenvalue weighted by Crippen LogP contribution is 2.39. The second-order valence-corrected chi connectivity index (χ2v) is 9.59. The maximum Gasteiger partial charge on any atom is 0.235 e. The molecular formula is C20H22F2N4O4S. The van der Waals surface area contributed by atoms with Crippen molar-refractivity contribution in [1.29, 1.82) is 0 Å². The highest BCUT2D eigenvalue weighted by Gasteiger charge is 2.37. The fraction of sp³-hybridized carbons (Fsp3) is 0.450. The van der Waals surface area contributed by atoms with Crippen LogP contribution in [0.2, 0.25) is 0 Å². The molecule has 1 aromatic carbocycles. The van der Waals surface area contributed by atoms with Crippen molar-refractivity contribution >= 4 is 27.3 Å². The minimum absolute atomic E-state index is 0.0557. The topological polar surface area (TPSA) is 110 Å². The number of methoxy groups -OCH3 is 1. The molecule has 1 aliphatic carbocycles. The minimum Gasteiger partial charge on any atom is -0.481 e. The van der Waals surface area contributed by atoms with E-state index in [-0.39, 0.29) is 12.4 Å². The lowest BCUT2D eigenvalue weighted by Gasteiger charge is -2.23. The summed E-state index contributed by atoms with van der Waals surface area (Å²) in [4.78, 5) is 21.1. The molecule has 1 unspecified atom stereocenters. The van der Waals surface area contributed by atoms with Crippen LogP contribution in [0.1, 0.15) is 53.9 Å². The van der Waals surface area contributed by atoms with E-state index in [2.05, 4.69) is 20.0 Å². The number of hydrogen-bond acceptors (Lipinski definition) is 7. The summed E-state index contributed by atoms with van der Waals surface area (Å²) in [5.41, 5.74) is -0.950. The maximum absolute atomic E-state index is 15.2. The lowest BCUT2D eigenvalue weighted by atomic mass is 9.92. The maximum atomic E-state index is 15.2. The summed E-state index contributed by atoms with van der Waals surface area (Å²) in [5.74, 6) is -3.68. The highest BCUT2D eigenvalue weighted by molar-refractivity contribution is 7.93. The van der Waals surface area contributed by atoms with Gasteiger partial charge in [0.15, 0.2) is 11.6 Å². The lowest BCUT2D eigenvalue weighted by molar-refractivity contribution is 0.0957. The summed E-state index contributed by atoms with van der Waals surface area (Å²) in [6.45, 7) is 0.0557. The molecule has 4 rings (SSSR count). The summed E-state index contributed by atoms with van der Waals surface area (Å²) < 4.78 is 62.5. The first kappa shape index (κ1) is 21.4. The number of hydrogen-bond donors (Lipinski definition) is 2. The Bertz CT molecular complexity index is 1120. The number of Topliss-reactive ketones (excluding diaryl/α,β-unsaturated/α-hetero) is 1. The smallest absolute Gasteiger partial charge is 0.235 e. The number of carbonyl (C=O) groups is 1. The number of carbonyl (C=O) groups excluding carboxylic acids is 1. The Kier molecular flexibility index (Phi) is 5.78. The second-order valence-electron chi connectivity index (χ2n) is 7.63. The Morgan fingerprint density at radius 3 is 2.65 bits per heavy atom. The monoisotopic (exact) mass is 452 g/mol. The molecule has 2 N–H and O–H groups in total. The van der Waals surface area contributed by atoms with E-state index < -0.39 is 49.9 Å². The Balaban J connectivity index is 1.67. The molecule has 1 fully saturated rings. The van der Waals surface area contributed by atoms with E-state index in [1.807, 2.05) is 0 Å². The van der Waals surface area contributed by atoms with Crippen molar-refractivity contribution in [1.82, 2.24) is 9.97 Å². The number of benzene rings is 1. The number of nitrogens with one attached hydrogen (secondary N) is 2. The van der Waals surface area contributed by atoms with E-state index in [9.17, 15) is 17.6 Å². The normalized spacial score (nSPS) is 18.9. The van der Waals surface area contributed by atoms with Gasteiger partial charge in [-0.25, -0.2) is 27.2 Å². The Morgan fingerprint density at radius 2 is 1.94 bits per heavy atom. The molecule has 0 radical (unpaired) electrons. The lowest BCUT2D eigenvalue weighted by Crippen LogP contribution is -2.30. The van der Waals surface area contributed by atoms with Gasteiger partial charge in [0.25, 0.3) is 0 Å². The zero-order valence-electron chi connectivity index (χ0n) is 16.8. The standard InChI is InChI=1S/C20H22F2N4O4S/c1-30-20-15-12(9-23-19(15)24-10-25-20)18(27)16-13(21)7-8-14(17(16)22)26-31(28,29)11-5-3-2-4-6-11/h7-8,10-12,26H,2-6,9H2,1H3,(H,23,24,25). The van der Waals surface area contributed by atoms with E-state index >= 15 is 4.39 Å². The van der Waals surface area contributed by atoms with Crippen LogP contribution in [-0.4, -0.2) is 43.1 Å². The zero-order valence-corrected chi connectivity index (χ0v) is 17.6. The van der Waals surface area contributed by atoms with Crippen molar-refractivity contribution < 1.29 is 26.7 Å². The fourth-order valence-electron chi connectivity index (χ4n) is 4.17. The van der Waals surface area contributed by atoms with Crippen LogP contribution < -0.4 is 14.8 Å². The molecule has 2 heterocycles. The van der Waals surface area contributed by atoms with Crippen molar-refractivity contribution in [2.45, 2.75) is 43.3 Å². The van der Waals surface area contributed by atoms with Crippen LogP contribution in [-0.2, 0) is 10.0 Å². The summed E-state index contributed by atoms with van der Waals surface area (Å²) >= 11 is 0. The first-order chi connectivity index (χ1) is 14.8. The van der Waals surface area contributed by atoms with E-state index in [4.69, 9.17) is 4.74 Å². The first-order valence-corrected chi connectivity index (χ1v) is 11.5. The Morgan fingerprint density at radius 1 is 1.19 bits per heavy atom. The number of ether oxygens (including phenoxy) is 1. The number of nitrogens with zero attached hydrogens (tertiary/aromatic N) is 2. The van der Waals surface area contributed by atoms with Gasteiger partial charge in [-0.15, -0.1) is 0 Å². The average Bonchev–Trinajstić information content (AvgIpc) is 3.21. The van der Waals surface area contributed by atoms with Crippen LogP contribution in [0, 0.1) is 11.6 Å². The molecule has 8 nitrogen and oxygen atoms in total. The molecule has 31 heavy (non-hydrogen) atoms. The highest BCUT2D eigenvalue weighted by atomic mass is 32.2. The van der Waals surface area contributed by atoms with Crippen molar-refractivity contribution in [3.8, 4) is 5.88 Å². The largest absolute Gasteiger partial charge is 0.481 e. The third-order valence-electron chi connectivity index (χ3n) is 5.76. The van der Waals surface area contributed by atoms with E-state index in [0.717, 1.165) is 31.4 Å². The molecule has 0 amide bonds. The summed E-state index contributed by atoms with van der Waals surface area (Å²) in [7, 11) is -2.50. The quantitative estimate of drug-likeness (QED) is 0.648. The molecule has 2 aromatic rings. The van der Waals surface area contributed by atoms with Crippen LogP contribution in [0.25, 0.3) is 0 Å². The minimum atomic E-state index is -3.87. The summed E-state index contributed by atoms with van der Waals surface area (Å²) in [6.07, 6.45) is 4.72. The van der Waals surface area contributed by atoms with Crippen molar-refractivity contribution in [3.05, 3.63) is 41.2 Å². The molecule has 1 aromatic heterocycles. The first-order valence-electron chi connectivity index (χ1n) is 10.00. The van der Waals surface area contributed by atoms with Crippen molar-refractivity contribution in [2.75, 3.05) is 23.7 Å². The number of fused-ring (bicyclic) bond motifs is 1. The van der Waals surface area contributed by atoms with E-state index in [1.54, 1.807) is 0 Å². The van der Waals surface area contributed by atoms with Crippen LogP contribution in [0.4, 0.5) is 20.3 Å². The third kappa shape index (κ3) is 3.93. The summed E-state index contributed by atoms with van der Waals surface area (Å²) in [5, 5.41) is 2.26. The van der Waals surface area contributed by atoms with Gasteiger partial charge in [-0.05, 0) is 25.0 Å². The molecule has 1 atom stereocenters. The van der Waals surface area contributed by atoms with Crippen LogP contribution in [0.3, 0.4) is 0 Å². The molecule has 11 heteroatoms. The zero-order chi connectivity index (χ0) is 22.2. The number of halogens is 2. The molecule has 0 saturated heterocycles. The second kappa shape index (κ2) is 8.37. The van der Waals surface area contributed by atoms with E-state index in [1.165, 1.54) is 13.4 Å². The van der Waals surface area contributed by atoms with Crippen LogP contribution in [0.5, 0.6) is 5.88 Å². The Labute approximate surface area is 178 Å². The SMILES string of the molecule is COc1ncnc2c1C(C(=O)c1c(F)ccc(NS(=O)(=O)C3CCCCC3)c1F)CN2. The predicted molar refractivity (Wildman–Crippen MR) is 110 cm³/mol. The molecule has 1 aliphatic heterocycles. The molecule has 0 spiro atoms. The van der Waals surface area contributed by atoms with Crippen LogP contribution >= 0.6 is 0 Å². The van der Waals surface area contributed by atoms with E-state index in [0.29, 0.717) is 24.2 Å². The van der Waals surface area contributed by atoms with Gasteiger partial charge < -0.3 is 10.1 Å². The number of aromatic nitrogens is 2. The molecular weight excluding hydrogens is 430 g/mol. The van der Waals surface area contributed by atoms with Gasteiger partial charge in [0.2, 0.25) is 15.9 Å². The number of rotatable bonds is 6. The van der Waals surface area contributed by atoms with Gasteiger partial charge in [-0.2, -0.15) is 0 Å². The van der Waals surface area contributed by atoms with Gasteiger partial charge in [0, 0.05) is 6.54 Å². The Hall–Kier alpha value is -2.82. The van der Waals surface area contributed by atoms with Crippen molar-refractivity contribution in [3.63, 3.8) is 0 Å². The molecule has 166 valence electrons. The third-order valence-corrected chi connectivity index (χ3v) is 7.61. The van der Waals surface area contributed by atoms with Gasteiger partial charge in [0.1, 0.15) is 18.0 Å².